The van der Waals surface area contributed by atoms with Crippen LogP contribution in [0.25, 0.3) is 43.8 Å². The Morgan fingerprint density at radius 1 is 0.643 bits per heavy atom. The number of rotatable bonds is 3. The van der Waals surface area contributed by atoms with Gasteiger partial charge in [0.25, 0.3) is 0 Å². The number of aryl methyl sites for hydroxylation is 3. The average molecular weight is 687 g/mol. The van der Waals surface area contributed by atoms with Gasteiger partial charge in [0.1, 0.15) is 0 Å². The molecule has 0 aliphatic rings. The first-order valence-electron chi connectivity index (χ1n) is 14.3. The van der Waals surface area contributed by atoms with Gasteiger partial charge in [0.05, 0.1) is 0 Å². The Kier molecular flexibility index (Phi) is 14.0. The normalized spacial score (nSPS) is 10.2. The van der Waals surface area contributed by atoms with Crippen molar-refractivity contribution in [1.82, 2.24) is 0 Å². The minimum atomic E-state index is -0.826. The van der Waals surface area contributed by atoms with Crippen LogP contribution in [0.1, 0.15) is 42.0 Å². The van der Waals surface area contributed by atoms with E-state index in [0.717, 1.165) is 9.52 Å². The maximum atomic E-state index is 4.93. The summed E-state index contributed by atoms with van der Waals surface area (Å²) >= 11 is -0.826. The predicted octanol–water partition coefficient (Wildman–Crippen LogP) is 12.7. The summed E-state index contributed by atoms with van der Waals surface area (Å²) in [6.45, 7) is 15.3. The summed E-state index contributed by atoms with van der Waals surface area (Å²) in [6, 6.07) is 39.6. The predicted molar refractivity (Wildman–Crippen MR) is 187 cm³/mol. The Balaban J connectivity index is 0.000000195. The molecule has 2 radical (unpaired) electrons. The maximum absolute atomic E-state index is 4.93. The van der Waals surface area contributed by atoms with Gasteiger partial charge in [0.15, 0.2) is 0 Å². The van der Waals surface area contributed by atoms with Crippen molar-refractivity contribution in [2.45, 2.75) is 53.6 Å². The fourth-order valence-corrected chi connectivity index (χ4v) is 5.18. The first kappa shape index (κ1) is 34.3. The topological polar surface area (TPSA) is 0 Å². The van der Waals surface area contributed by atoms with Crippen LogP contribution in [0.4, 0.5) is 0 Å². The summed E-state index contributed by atoms with van der Waals surface area (Å²) in [5.41, 5.74) is 10.8. The van der Waals surface area contributed by atoms with E-state index in [1.54, 1.807) is 0 Å². The molecule has 0 aliphatic heterocycles. The molecular weight excluding hydrogens is 647 g/mol. The Labute approximate surface area is 274 Å². The molecule has 6 aromatic rings. The quantitative estimate of drug-likeness (QED) is 0.128. The van der Waals surface area contributed by atoms with E-state index in [1.807, 2.05) is 0 Å². The van der Waals surface area contributed by atoms with Crippen molar-refractivity contribution in [3.8, 4) is 22.3 Å². The molecule has 0 nitrogen and oxygen atoms in total. The zero-order valence-electron chi connectivity index (χ0n) is 25.7. The molecule has 0 aliphatic carbocycles. The van der Waals surface area contributed by atoms with Crippen LogP contribution in [-0.4, -0.2) is 9.52 Å². The second-order valence-corrected chi connectivity index (χ2v) is 15.6. The molecule has 0 amide bonds. The van der Waals surface area contributed by atoms with Crippen LogP contribution in [0.5, 0.6) is 0 Å². The first-order valence-corrected chi connectivity index (χ1v) is 22.6. The summed E-state index contributed by atoms with van der Waals surface area (Å²) in [4.78, 5) is 0. The van der Waals surface area contributed by atoms with Gasteiger partial charge in [-0.3, -0.25) is 0 Å². The van der Waals surface area contributed by atoms with Crippen molar-refractivity contribution in [3.63, 3.8) is 0 Å². The molecule has 0 aromatic heterocycles. The second-order valence-electron chi connectivity index (χ2n) is 10.9. The van der Waals surface area contributed by atoms with Crippen molar-refractivity contribution < 1.29 is 20.8 Å². The summed E-state index contributed by atoms with van der Waals surface area (Å²) in [7, 11) is 11.0. The van der Waals surface area contributed by atoms with Gasteiger partial charge >= 0.3 is 37.9 Å². The monoisotopic (exact) mass is 684 g/mol. The van der Waals surface area contributed by atoms with Crippen molar-refractivity contribution in [2.75, 3.05) is 0 Å². The Morgan fingerprint density at radius 2 is 1.24 bits per heavy atom. The van der Waals surface area contributed by atoms with Crippen LogP contribution < -0.4 is 0 Å². The SMILES string of the molecule is C[Si]C.Cc1cc(-c2ccccc2)c2cc(C)[cH-]c2c1.Cc1ccccc1-c1cccc2[cH-]c(C(C)C)cc12.[Cl][Zr+2][Cl]. The van der Waals surface area contributed by atoms with Gasteiger partial charge in [-0.25, -0.2) is 0 Å². The standard InChI is InChI=1S/C19H19.C17H15.C2H6Si.2ClH.Zr/c1-13(2)16-11-15-8-6-10-18(19(15)12-16)17-9-5-4-7-14(17)3;1-12-8-15-9-13(2)11-17(15)16(10-12)14-6-4-3-5-7-14;1-3-2;;;/h4-13H,1-3H3;3-11H,1-2H3;1-2H3;2*1H;/q2*-1;;;;+4/p-2. The number of benzene rings is 4. The van der Waals surface area contributed by atoms with Crippen LogP contribution in [-0.2, 0) is 20.8 Å². The summed E-state index contributed by atoms with van der Waals surface area (Å²) in [5, 5.41) is 5.44. The van der Waals surface area contributed by atoms with Crippen molar-refractivity contribution in [3.05, 3.63) is 131 Å². The number of hydrogen-bond donors (Lipinski definition) is 0. The van der Waals surface area contributed by atoms with E-state index in [0.29, 0.717) is 5.92 Å². The Hall–Kier alpha value is -2.22. The minimum absolute atomic E-state index is 0.581. The van der Waals surface area contributed by atoms with Crippen molar-refractivity contribution in [2.24, 2.45) is 0 Å². The van der Waals surface area contributed by atoms with E-state index in [-0.39, 0.29) is 0 Å². The van der Waals surface area contributed by atoms with Crippen molar-refractivity contribution in [1.29, 1.82) is 0 Å². The van der Waals surface area contributed by atoms with Gasteiger partial charge in [0.2, 0.25) is 0 Å². The number of hydrogen-bond acceptors (Lipinski definition) is 0. The molecule has 42 heavy (non-hydrogen) atoms. The average Bonchev–Trinajstić information content (AvgIpc) is 3.58. The molecule has 6 aromatic carbocycles. The van der Waals surface area contributed by atoms with Gasteiger partial charge in [-0.05, 0) is 36.5 Å². The Bertz CT molecular complexity index is 1680. The fraction of sp³-hybridized carbons (Fsp3) is 0.211. The zero-order valence-corrected chi connectivity index (χ0v) is 30.7. The van der Waals surface area contributed by atoms with Crippen molar-refractivity contribution >= 4 is 48.1 Å². The van der Waals surface area contributed by atoms with E-state index in [4.69, 9.17) is 17.0 Å². The number of halogens is 2. The van der Waals surface area contributed by atoms with Gasteiger partial charge in [-0.15, -0.1) is 63.0 Å². The van der Waals surface area contributed by atoms with Crippen LogP contribution in [0.15, 0.2) is 109 Å². The summed E-state index contributed by atoms with van der Waals surface area (Å²) in [5.74, 6) is 0.581. The van der Waals surface area contributed by atoms with Crippen LogP contribution >= 0.6 is 17.0 Å². The third-order valence-electron chi connectivity index (χ3n) is 7.07. The van der Waals surface area contributed by atoms with E-state index < -0.39 is 20.8 Å². The van der Waals surface area contributed by atoms with E-state index in [1.165, 1.54) is 66.1 Å². The van der Waals surface area contributed by atoms with E-state index in [9.17, 15) is 0 Å². The van der Waals surface area contributed by atoms with Gasteiger partial charge < -0.3 is 0 Å². The Morgan fingerprint density at radius 3 is 1.88 bits per heavy atom. The molecule has 0 fully saturated rings. The molecule has 0 bridgehead atoms. The molecule has 0 saturated heterocycles. The van der Waals surface area contributed by atoms with Crippen LogP contribution in [0.2, 0.25) is 13.1 Å². The summed E-state index contributed by atoms with van der Waals surface area (Å²) < 4.78 is 0. The van der Waals surface area contributed by atoms with Crippen LogP contribution in [0.3, 0.4) is 0 Å². The molecule has 6 rings (SSSR count). The third-order valence-corrected chi connectivity index (χ3v) is 7.07. The van der Waals surface area contributed by atoms with E-state index >= 15 is 0 Å². The third kappa shape index (κ3) is 9.14. The molecule has 0 atom stereocenters. The molecule has 4 heteroatoms. The van der Waals surface area contributed by atoms with Gasteiger partial charge in [-0.1, -0.05) is 117 Å². The molecule has 214 valence electrons. The molecule has 0 heterocycles. The first-order chi connectivity index (χ1) is 20.2. The van der Waals surface area contributed by atoms with E-state index in [2.05, 4.69) is 157 Å². The fourth-order valence-electron chi connectivity index (χ4n) is 5.18. The summed E-state index contributed by atoms with van der Waals surface area (Å²) in [6.07, 6.45) is 0. The molecule has 0 spiro atoms. The number of fused-ring (bicyclic) bond motifs is 2. The molecular formula is C38H40Cl2SiZr. The molecule has 0 unspecified atom stereocenters. The molecule has 0 saturated carbocycles. The van der Waals surface area contributed by atoms with Gasteiger partial charge in [0, 0.05) is 9.52 Å². The zero-order chi connectivity index (χ0) is 30.6. The van der Waals surface area contributed by atoms with Gasteiger partial charge in [-0.2, -0.15) is 12.1 Å². The van der Waals surface area contributed by atoms with Crippen LogP contribution in [0, 0.1) is 20.8 Å². The molecule has 0 N–H and O–H groups in total. The second kappa shape index (κ2) is 17.2.